The fourth-order valence-corrected chi connectivity index (χ4v) is 3.80. The van der Waals surface area contributed by atoms with Crippen LogP contribution in [-0.4, -0.2) is 18.6 Å². The fraction of sp³-hybridized carbons (Fsp3) is 0.208. The standard InChI is InChI=1S/C24H22ClFN2O2/c25-21-9-5-4-8-18(21)14-27-24(29)13-20-16-30-23-12-19(26)10-11-22(23)28(20)15-17-6-2-1-3-7-17/h1-12,20H,13-16H2,(H,27,29)/t20-/m1/s1. The lowest BCUT2D eigenvalue weighted by Crippen LogP contribution is -2.45. The van der Waals surface area contributed by atoms with Crippen molar-refractivity contribution in [3.05, 3.63) is 94.8 Å². The Morgan fingerprint density at radius 2 is 1.87 bits per heavy atom. The lowest BCUT2D eigenvalue weighted by molar-refractivity contribution is -0.121. The summed E-state index contributed by atoms with van der Waals surface area (Å²) in [5.74, 6) is 0.0649. The van der Waals surface area contributed by atoms with Crippen molar-refractivity contribution in [2.45, 2.75) is 25.6 Å². The minimum absolute atomic E-state index is 0.0906. The van der Waals surface area contributed by atoms with Gasteiger partial charge in [-0.3, -0.25) is 4.79 Å². The minimum atomic E-state index is -0.343. The van der Waals surface area contributed by atoms with Gasteiger partial charge in [-0.25, -0.2) is 4.39 Å². The maximum Gasteiger partial charge on any atom is 0.222 e. The molecule has 0 aliphatic carbocycles. The first-order chi connectivity index (χ1) is 14.6. The van der Waals surface area contributed by atoms with E-state index in [-0.39, 0.29) is 24.2 Å². The van der Waals surface area contributed by atoms with Crippen molar-refractivity contribution >= 4 is 23.2 Å². The molecular weight excluding hydrogens is 403 g/mol. The summed E-state index contributed by atoms with van der Waals surface area (Å²) in [4.78, 5) is 14.8. The molecular formula is C24H22ClFN2O2. The smallest absolute Gasteiger partial charge is 0.222 e. The van der Waals surface area contributed by atoms with Gasteiger partial charge in [-0.2, -0.15) is 0 Å². The minimum Gasteiger partial charge on any atom is -0.489 e. The van der Waals surface area contributed by atoms with Crippen LogP contribution in [0.4, 0.5) is 10.1 Å². The van der Waals surface area contributed by atoms with Crippen LogP contribution in [0.1, 0.15) is 17.5 Å². The van der Waals surface area contributed by atoms with Gasteiger partial charge >= 0.3 is 0 Å². The van der Waals surface area contributed by atoms with Crippen molar-refractivity contribution in [3.63, 3.8) is 0 Å². The number of hydrogen-bond acceptors (Lipinski definition) is 3. The largest absolute Gasteiger partial charge is 0.489 e. The molecule has 0 fully saturated rings. The number of carbonyl (C=O) groups excluding carboxylic acids is 1. The van der Waals surface area contributed by atoms with Crippen molar-refractivity contribution in [1.29, 1.82) is 0 Å². The van der Waals surface area contributed by atoms with Crippen molar-refractivity contribution in [1.82, 2.24) is 5.32 Å². The van der Waals surface area contributed by atoms with Gasteiger partial charge in [-0.1, -0.05) is 60.1 Å². The van der Waals surface area contributed by atoms with E-state index < -0.39 is 0 Å². The highest BCUT2D eigenvalue weighted by molar-refractivity contribution is 6.31. The number of rotatable bonds is 6. The normalized spacial score (nSPS) is 15.3. The Hall–Kier alpha value is -3.05. The fourth-order valence-electron chi connectivity index (χ4n) is 3.60. The summed E-state index contributed by atoms with van der Waals surface area (Å²) in [6, 6.07) is 21.8. The molecule has 1 amide bonds. The molecule has 0 spiro atoms. The Morgan fingerprint density at radius 1 is 1.10 bits per heavy atom. The number of benzene rings is 3. The number of halogens is 2. The van der Waals surface area contributed by atoms with E-state index in [1.807, 2.05) is 48.5 Å². The average Bonchev–Trinajstić information content (AvgIpc) is 2.75. The Balaban J connectivity index is 1.49. The van der Waals surface area contributed by atoms with E-state index in [2.05, 4.69) is 10.2 Å². The van der Waals surface area contributed by atoms with Gasteiger partial charge in [-0.15, -0.1) is 0 Å². The summed E-state index contributed by atoms with van der Waals surface area (Å²) in [6.07, 6.45) is 0.258. The van der Waals surface area contributed by atoms with E-state index in [0.29, 0.717) is 30.5 Å². The molecule has 30 heavy (non-hydrogen) atoms. The SMILES string of the molecule is O=C(C[C@@H]1COc2cc(F)ccc2N1Cc1ccccc1)NCc1ccccc1Cl. The first-order valence-electron chi connectivity index (χ1n) is 9.83. The number of amides is 1. The Kier molecular flexibility index (Phi) is 6.19. The second-order valence-corrected chi connectivity index (χ2v) is 7.67. The van der Waals surface area contributed by atoms with Gasteiger partial charge in [0.1, 0.15) is 18.2 Å². The van der Waals surface area contributed by atoms with Gasteiger partial charge < -0.3 is 15.0 Å². The number of nitrogens with zero attached hydrogens (tertiary/aromatic N) is 1. The third kappa shape index (κ3) is 4.74. The van der Waals surface area contributed by atoms with Crippen LogP contribution in [0, 0.1) is 5.82 Å². The van der Waals surface area contributed by atoms with E-state index in [0.717, 1.165) is 16.8 Å². The van der Waals surface area contributed by atoms with Gasteiger partial charge in [0.25, 0.3) is 0 Å². The third-order valence-electron chi connectivity index (χ3n) is 5.15. The van der Waals surface area contributed by atoms with Crippen molar-refractivity contribution in [2.75, 3.05) is 11.5 Å². The van der Waals surface area contributed by atoms with Crippen LogP contribution in [0.2, 0.25) is 5.02 Å². The number of fused-ring (bicyclic) bond motifs is 1. The predicted molar refractivity (Wildman–Crippen MR) is 116 cm³/mol. The summed E-state index contributed by atoms with van der Waals surface area (Å²) in [6.45, 7) is 1.28. The molecule has 3 aromatic rings. The van der Waals surface area contributed by atoms with Gasteiger partial charge in [0.2, 0.25) is 5.91 Å². The maximum atomic E-state index is 13.7. The molecule has 0 saturated heterocycles. The van der Waals surface area contributed by atoms with Gasteiger partial charge in [-0.05, 0) is 29.3 Å². The molecule has 3 aromatic carbocycles. The van der Waals surface area contributed by atoms with Gasteiger partial charge in [0.15, 0.2) is 0 Å². The number of ether oxygens (including phenoxy) is 1. The molecule has 0 radical (unpaired) electrons. The zero-order valence-corrected chi connectivity index (χ0v) is 17.1. The van der Waals surface area contributed by atoms with Crippen LogP contribution in [0.25, 0.3) is 0 Å². The molecule has 1 atom stereocenters. The monoisotopic (exact) mass is 424 g/mol. The molecule has 0 bridgehead atoms. The molecule has 1 aliphatic rings. The molecule has 0 saturated carbocycles. The second-order valence-electron chi connectivity index (χ2n) is 7.26. The molecule has 1 heterocycles. The highest BCUT2D eigenvalue weighted by atomic mass is 35.5. The summed E-state index contributed by atoms with van der Waals surface area (Å²) < 4.78 is 19.5. The molecule has 4 rings (SSSR count). The molecule has 0 aromatic heterocycles. The van der Waals surface area contributed by atoms with Gasteiger partial charge in [0, 0.05) is 24.2 Å². The average molecular weight is 425 g/mol. The Morgan fingerprint density at radius 3 is 2.67 bits per heavy atom. The summed E-state index contributed by atoms with van der Waals surface area (Å²) in [5.41, 5.74) is 2.76. The number of carbonyl (C=O) groups is 1. The van der Waals surface area contributed by atoms with Crippen LogP contribution in [-0.2, 0) is 17.9 Å². The highest BCUT2D eigenvalue weighted by Gasteiger charge is 2.29. The zero-order valence-electron chi connectivity index (χ0n) is 16.4. The van der Waals surface area contributed by atoms with Crippen LogP contribution in [0.3, 0.4) is 0 Å². The zero-order chi connectivity index (χ0) is 20.9. The molecule has 4 nitrogen and oxygen atoms in total. The first-order valence-corrected chi connectivity index (χ1v) is 10.2. The third-order valence-corrected chi connectivity index (χ3v) is 5.52. The van der Waals surface area contributed by atoms with E-state index in [1.165, 1.54) is 12.1 Å². The predicted octanol–water partition coefficient (Wildman–Crippen LogP) is 4.95. The van der Waals surface area contributed by atoms with E-state index in [9.17, 15) is 9.18 Å². The van der Waals surface area contributed by atoms with Crippen molar-refractivity contribution in [3.8, 4) is 5.75 Å². The van der Waals surface area contributed by atoms with Crippen molar-refractivity contribution < 1.29 is 13.9 Å². The van der Waals surface area contributed by atoms with Crippen LogP contribution >= 0.6 is 11.6 Å². The lowest BCUT2D eigenvalue weighted by Gasteiger charge is -2.38. The highest BCUT2D eigenvalue weighted by Crippen LogP contribution is 2.36. The second kappa shape index (κ2) is 9.18. The number of anilines is 1. The van der Waals surface area contributed by atoms with E-state index in [4.69, 9.17) is 16.3 Å². The number of hydrogen-bond donors (Lipinski definition) is 1. The first kappa shape index (κ1) is 20.2. The Bertz CT molecular complexity index is 1030. The molecule has 1 N–H and O–H groups in total. The van der Waals surface area contributed by atoms with E-state index in [1.54, 1.807) is 12.1 Å². The molecule has 0 unspecified atom stereocenters. The summed E-state index contributed by atoms with van der Waals surface area (Å²) >= 11 is 6.17. The van der Waals surface area contributed by atoms with Crippen LogP contribution in [0.15, 0.2) is 72.8 Å². The number of nitrogens with one attached hydrogen (secondary N) is 1. The molecule has 6 heteroatoms. The maximum absolute atomic E-state index is 13.7. The van der Waals surface area contributed by atoms with E-state index >= 15 is 0 Å². The van der Waals surface area contributed by atoms with Gasteiger partial charge in [0.05, 0.1) is 18.2 Å². The molecule has 154 valence electrons. The lowest BCUT2D eigenvalue weighted by atomic mass is 10.1. The van der Waals surface area contributed by atoms with Crippen LogP contribution < -0.4 is 15.0 Å². The van der Waals surface area contributed by atoms with Crippen LogP contribution in [0.5, 0.6) is 5.75 Å². The summed E-state index contributed by atoms with van der Waals surface area (Å²) in [7, 11) is 0. The quantitative estimate of drug-likeness (QED) is 0.608. The topological polar surface area (TPSA) is 41.6 Å². The summed E-state index contributed by atoms with van der Waals surface area (Å²) in [5, 5.41) is 3.56. The molecule has 1 aliphatic heterocycles. The van der Waals surface area contributed by atoms with Crippen molar-refractivity contribution in [2.24, 2.45) is 0 Å². The Labute approximate surface area is 180 Å².